The molecule has 0 heterocycles. The van der Waals surface area contributed by atoms with Crippen LogP contribution in [0.4, 0.5) is 0 Å². The lowest BCUT2D eigenvalue weighted by Crippen LogP contribution is -2.25. The molecule has 0 unspecified atom stereocenters. The van der Waals surface area contributed by atoms with Crippen LogP contribution in [-0.4, -0.2) is 42.3 Å². The van der Waals surface area contributed by atoms with Gasteiger partial charge in [-0.3, -0.25) is 0 Å². The zero-order chi connectivity index (χ0) is 16.5. The highest BCUT2D eigenvalue weighted by molar-refractivity contribution is 5.93. The first-order chi connectivity index (χ1) is 10.5. The Labute approximate surface area is 129 Å². The summed E-state index contributed by atoms with van der Waals surface area (Å²) in [6, 6.07) is 4.30. The summed E-state index contributed by atoms with van der Waals surface area (Å²) in [5.74, 6) is -1.18. The normalized spacial score (nSPS) is 10.3. The van der Waals surface area contributed by atoms with Crippen molar-refractivity contribution in [3.63, 3.8) is 0 Å². The number of benzene rings is 1. The second kappa shape index (κ2) is 8.89. The van der Waals surface area contributed by atoms with Gasteiger partial charge in [-0.2, -0.15) is 0 Å². The SMILES string of the molecule is C=C=C(O)c1ccc(OCC(OCC)OCC)cc1C(=O)O. The Morgan fingerprint density at radius 3 is 2.36 bits per heavy atom. The molecule has 120 valence electrons. The first-order valence-electron chi connectivity index (χ1n) is 6.86. The van der Waals surface area contributed by atoms with Gasteiger partial charge in [0.05, 0.1) is 5.56 Å². The summed E-state index contributed by atoms with van der Waals surface area (Å²) < 4.78 is 16.2. The first kappa shape index (κ1) is 17.8. The highest BCUT2D eigenvalue weighted by atomic mass is 16.7. The topological polar surface area (TPSA) is 85.2 Å². The lowest BCUT2D eigenvalue weighted by atomic mass is 10.1. The zero-order valence-electron chi connectivity index (χ0n) is 12.7. The Bertz CT molecular complexity index is 554. The van der Waals surface area contributed by atoms with Crippen LogP contribution in [-0.2, 0) is 9.47 Å². The molecular weight excluding hydrogens is 288 g/mol. The molecule has 0 spiro atoms. The van der Waals surface area contributed by atoms with E-state index in [0.29, 0.717) is 19.0 Å². The van der Waals surface area contributed by atoms with Gasteiger partial charge in [0.25, 0.3) is 0 Å². The van der Waals surface area contributed by atoms with Crippen LogP contribution in [0.5, 0.6) is 5.75 Å². The summed E-state index contributed by atoms with van der Waals surface area (Å²) in [5, 5.41) is 18.8. The van der Waals surface area contributed by atoms with Crippen molar-refractivity contribution in [2.75, 3.05) is 19.8 Å². The van der Waals surface area contributed by atoms with E-state index < -0.39 is 12.3 Å². The van der Waals surface area contributed by atoms with E-state index in [9.17, 15) is 15.0 Å². The minimum Gasteiger partial charge on any atom is -0.501 e. The average molecular weight is 308 g/mol. The lowest BCUT2D eigenvalue weighted by Gasteiger charge is -2.18. The molecule has 0 fully saturated rings. The van der Waals surface area contributed by atoms with E-state index in [1.165, 1.54) is 12.1 Å². The van der Waals surface area contributed by atoms with Crippen molar-refractivity contribution >= 4 is 11.7 Å². The smallest absolute Gasteiger partial charge is 0.336 e. The molecule has 0 amide bonds. The highest BCUT2D eigenvalue weighted by Gasteiger charge is 2.15. The van der Waals surface area contributed by atoms with Crippen LogP contribution in [0, 0.1) is 0 Å². The number of carboxylic acids is 1. The largest absolute Gasteiger partial charge is 0.501 e. The van der Waals surface area contributed by atoms with Crippen LogP contribution in [0.2, 0.25) is 0 Å². The fourth-order valence-corrected chi connectivity index (χ4v) is 1.77. The van der Waals surface area contributed by atoms with Gasteiger partial charge in [-0.25, -0.2) is 4.79 Å². The van der Waals surface area contributed by atoms with Gasteiger partial charge in [0, 0.05) is 18.8 Å². The zero-order valence-corrected chi connectivity index (χ0v) is 12.7. The Morgan fingerprint density at radius 1 is 1.23 bits per heavy atom. The number of carboxylic acid groups (broad SMARTS) is 1. The summed E-state index contributed by atoms with van der Waals surface area (Å²) in [4.78, 5) is 11.3. The molecule has 0 saturated heterocycles. The molecule has 6 nitrogen and oxygen atoms in total. The molecule has 0 aliphatic carbocycles. The molecule has 22 heavy (non-hydrogen) atoms. The van der Waals surface area contributed by atoms with Crippen molar-refractivity contribution in [3.8, 4) is 5.75 Å². The molecule has 0 radical (unpaired) electrons. The molecule has 0 saturated carbocycles. The number of rotatable bonds is 9. The minimum atomic E-state index is -1.19. The third-order valence-corrected chi connectivity index (χ3v) is 2.74. The van der Waals surface area contributed by atoms with E-state index in [0.717, 1.165) is 0 Å². The van der Waals surface area contributed by atoms with E-state index in [2.05, 4.69) is 12.3 Å². The van der Waals surface area contributed by atoms with Crippen molar-refractivity contribution in [2.24, 2.45) is 0 Å². The van der Waals surface area contributed by atoms with E-state index in [4.69, 9.17) is 14.2 Å². The van der Waals surface area contributed by atoms with Gasteiger partial charge in [0.15, 0.2) is 12.0 Å². The monoisotopic (exact) mass is 308 g/mol. The minimum absolute atomic E-state index is 0.101. The van der Waals surface area contributed by atoms with Crippen molar-refractivity contribution in [1.29, 1.82) is 0 Å². The van der Waals surface area contributed by atoms with Gasteiger partial charge >= 0.3 is 5.97 Å². The maximum Gasteiger partial charge on any atom is 0.336 e. The highest BCUT2D eigenvalue weighted by Crippen LogP contribution is 2.22. The number of aliphatic hydroxyl groups is 1. The molecule has 1 aromatic carbocycles. The van der Waals surface area contributed by atoms with E-state index >= 15 is 0 Å². The average Bonchev–Trinajstić information content (AvgIpc) is 2.52. The van der Waals surface area contributed by atoms with E-state index in [1.54, 1.807) is 6.07 Å². The number of hydrogen-bond donors (Lipinski definition) is 2. The quantitative estimate of drug-likeness (QED) is 0.414. The molecule has 0 atom stereocenters. The summed E-state index contributed by atoms with van der Waals surface area (Å²) >= 11 is 0. The van der Waals surface area contributed by atoms with Crippen LogP contribution < -0.4 is 4.74 Å². The third kappa shape index (κ3) is 4.93. The standard InChI is InChI=1S/C16H20O6/c1-4-14(17)12-8-7-11(9-13(12)16(18)19)22-10-15(20-5-2)21-6-3/h7-9,15,17H,1,5-6,10H2,2-3H3,(H,18,19). The van der Waals surface area contributed by atoms with Gasteiger partial charge < -0.3 is 24.4 Å². The van der Waals surface area contributed by atoms with Gasteiger partial charge in [-0.1, -0.05) is 12.3 Å². The maximum atomic E-state index is 11.3. The Balaban J connectivity index is 2.91. The van der Waals surface area contributed by atoms with Gasteiger partial charge in [-0.15, -0.1) is 0 Å². The summed E-state index contributed by atoms with van der Waals surface area (Å²) in [6.07, 6.45) is -0.524. The number of carbonyl (C=O) groups is 1. The molecule has 1 aromatic rings. The van der Waals surface area contributed by atoms with Crippen LogP contribution in [0.15, 0.2) is 30.5 Å². The van der Waals surface area contributed by atoms with Gasteiger partial charge in [0.1, 0.15) is 12.4 Å². The maximum absolute atomic E-state index is 11.3. The van der Waals surface area contributed by atoms with Crippen molar-refractivity contribution in [1.82, 2.24) is 0 Å². The van der Waals surface area contributed by atoms with Gasteiger partial charge in [0.2, 0.25) is 0 Å². The van der Waals surface area contributed by atoms with Crippen molar-refractivity contribution in [3.05, 3.63) is 41.6 Å². The van der Waals surface area contributed by atoms with Crippen LogP contribution in [0.1, 0.15) is 29.8 Å². The fourth-order valence-electron chi connectivity index (χ4n) is 1.77. The summed E-state index contributed by atoms with van der Waals surface area (Å²) in [6.45, 7) is 8.06. The number of aliphatic hydroxyl groups excluding tert-OH is 1. The van der Waals surface area contributed by atoms with Crippen molar-refractivity contribution in [2.45, 2.75) is 20.1 Å². The first-order valence-corrected chi connectivity index (χ1v) is 6.86. The predicted octanol–water partition coefficient (Wildman–Crippen LogP) is 2.85. The molecule has 1 rings (SSSR count). The second-order valence-electron chi connectivity index (χ2n) is 4.19. The number of hydrogen-bond acceptors (Lipinski definition) is 5. The molecule has 2 N–H and O–H groups in total. The van der Waals surface area contributed by atoms with E-state index in [1.807, 2.05) is 13.8 Å². The molecule has 6 heteroatoms. The van der Waals surface area contributed by atoms with Crippen LogP contribution >= 0.6 is 0 Å². The lowest BCUT2D eigenvalue weighted by molar-refractivity contribution is -0.152. The van der Waals surface area contributed by atoms with Crippen molar-refractivity contribution < 1.29 is 29.2 Å². The number of aromatic carboxylic acids is 1. The predicted molar refractivity (Wildman–Crippen MR) is 81.1 cm³/mol. The third-order valence-electron chi connectivity index (χ3n) is 2.74. The Hall–Kier alpha value is -2.27. The molecule has 0 bridgehead atoms. The number of ether oxygens (including phenoxy) is 3. The Kier molecular flexibility index (Phi) is 7.19. The molecule has 0 aliphatic rings. The summed E-state index contributed by atoms with van der Waals surface area (Å²) in [5.41, 5.74) is 2.28. The van der Waals surface area contributed by atoms with Crippen LogP contribution in [0.25, 0.3) is 5.76 Å². The van der Waals surface area contributed by atoms with E-state index in [-0.39, 0.29) is 23.5 Å². The second-order valence-corrected chi connectivity index (χ2v) is 4.19. The Morgan fingerprint density at radius 2 is 1.86 bits per heavy atom. The molecule has 0 aromatic heterocycles. The van der Waals surface area contributed by atoms with Gasteiger partial charge in [-0.05, 0) is 32.0 Å². The van der Waals surface area contributed by atoms with Crippen LogP contribution in [0.3, 0.4) is 0 Å². The molecular formula is C16H20O6. The summed E-state index contributed by atoms with van der Waals surface area (Å²) in [7, 11) is 0. The molecule has 0 aliphatic heterocycles. The fraction of sp³-hybridized carbons (Fsp3) is 0.375.